The first-order valence-corrected chi connectivity index (χ1v) is 4.66. The molecule has 16 heavy (non-hydrogen) atoms. The van der Waals surface area contributed by atoms with Gasteiger partial charge in [0.1, 0.15) is 6.04 Å². The molecule has 0 saturated heterocycles. The van der Waals surface area contributed by atoms with Gasteiger partial charge in [-0.25, -0.2) is 14.7 Å². The first-order chi connectivity index (χ1) is 7.54. The molecular formula is C8H12N4O4. The highest BCUT2D eigenvalue weighted by Gasteiger charge is 2.15. The minimum absolute atomic E-state index is 0.139. The number of hydrogen-bond donors (Lipinski definition) is 3. The van der Waals surface area contributed by atoms with Crippen LogP contribution in [0.5, 0.6) is 0 Å². The lowest BCUT2D eigenvalue weighted by Crippen LogP contribution is -2.34. The van der Waals surface area contributed by atoms with Gasteiger partial charge in [0, 0.05) is 0 Å². The van der Waals surface area contributed by atoms with E-state index >= 15 is 0 Å². The van der Waals surface area contributed by atoms with E-state index < -0.39 is 23.3 Å². The van der Waals surface area contributed by atoms with E-state index in [1.807, 2.05) is 10.1 Å². The molecule has 0 radical (unpaired) electrons. The number of rotatable bonds is 4. The standard InChI is InChI=1S/C8H12N4O4/c1-3-16-7(14)4(2)9-5-6(13)10-8(15)12-11-5/h4H,3H2,1-2H3,(H,9,11)(H2,10,12,13,15). The number of nitrogens with zero attached hydrogens (tertiary/aromatic N) is 1. The summed E-state index contributed by atoms with van der Waals surface area (Å²) in [5.41, 5.74) is -1.40. The van der Waals surface area contributed by atoms with Gasteiger partial charge in [-0.05, 0) is 13.8 Å². The van der Waals surface area contributed by atoms with Crippen molar-refractivity contribution in [3.63, 3.8) is 0 Å². The second-order valence-corrected chi connectivity index (χ2v) is 2.97. The zero-order chi connectivity index (χ0) is 12.1. The average Bonchev–Trinajstić information content (AvgIpc) is 2.22. The Morgan fingerprint density at radius 1 is 1.56 bits per heavy atom. The lowest BCUT2D eigenvalue weighted by molar-refractivity contribution is -0.143. The molecule has 8 heteroatoms. The van der Waals surface area contributed by atoms with Crippen molar-refractivity contribution >= 4 is 11.8 Å². The van der Waals surface area contributed by atoms with Crippen LogP contribution in [0.4, 0.5) is 5.82 Å². The normalized spacial score (nSPS) is 11.9. The summed E-state index contributed by atoms with van der Waals surface area (Å²) in [5, 5.41) is 8.02. The Balaban J connectivity index is 2.77. The SMILES string of the molecule is CCOC(=O)C(C)Nc1n[nH]c(=O)[nH]c1=O. The molecule has 0 amide bonds. The molecule has 0 bridgehead atoms. The Bertz CT molecular complexity index is 477. The van der Waals surface area contributed by atoms with Crippen molar-refractivity contribution in [2.75, 3.05) is 11.9 Å². The highest BCUT2D eigenvalue weighted by molar-refractivity contribution is 5.78. The van der Waals surface area contributed by atoms with Crippen LogP contribution in [-0.4, -0.2) is 33.8 Å². The maximum Gasteiger partial charge on any atom is 0.342 e. The van der Waals surface area contributed by atoms with Crippen LogP contribution >= 0.6 is 0 Å². The van der Waals surface area contributed by atoms with Crippen molar-refractivity contribution < 1.29 is 9.53 Å². The molecule has 0 aliphatic carbocycles. The number of aromatic amines is 2. The average molecular weight is 228 g/mol. The topological polar surface area (TPSA) is 117 Å². The van der Waals surface area contributed by atoms with E-state index in [9.17, 15) is 14.4 Å². The molecule has 1 aromatic rings. The molecule has 1 aromatic heterocycles. The third-order valence-electron chi connectivity index (χ3n) is 1.70. The monoisotopic (exact) mass is 228 g/mol. The summed E-state index contributed by atoms with van der Waals surface area (Å²) in [7, 11) is 0. The maximum atomic E-state index is 11.2. The van der Waals surface area contributed by atoms with E-state index in [4.69, 9.17) is 4.74 Å². The van der Waals surface area contributed by atoms with E-state index in [2.05, 4.69) is 10.4 Å². The highest BCUT2D eigenvalue weighted by Crippen LogP contribution is 1.95. The molecule has 0 saturated carbocycles. The lowest BCUT2D eigenvalue weighted by atomic mass is 10.3. The molecule has 3 N–H and O–H groups in total. The first-order valence-electron chi connectivity index (χ1n) is 4.66. The molecule has 88 valence electrons. The molecule has 1 atom stereocenters. The quantitative estimate of drug-likeness (QED) is 0.558. The van der Waals surface area contributed by atoms with Crippen LogP contribution in [0.25, 0.3) is 0 Å². The molecule has 0 spiro atoms. The number of anilines is 1. The fraction of sp³-hybridized carbons (Fsp3) is 0.500. The third-order valence-corrected chi connectivity index (χ3v) is 1.70. The molecular weight excluding hydrogens is 216 g/mol. The first kappa shape index (κ1) is 12.0. The fourth-order valence-electron chi connectivity index (χ4n) is 0.977. The molecule has 1 heterocycles. The largest absolute Gasteiger partial charge is 0.464 e. The van der Waals surface area contributed by atoms with E-state index in [1.165, 1.54) is 6.92 Å². The van der Waals surface area contributed by atoms with Gasteiger partial charge in [0.15, 0.2) is 0 Å². The third kappa shape index (κ3) is 2.94. The van der Waals surface area contributed by atoms with Gasteiger partial charge >= 0.3 is 11.7 Å². The summed E-state index contributed by atoms with van der Waals surface area (Å²) in [5.74, 6) is -0.643. The van der Waals surface area contributed by atoms with Crippen molar-refractivity contribution in [2.24, 2.45) is 0 Å². The number of ether oxygens (including phenoxy) is 1. The summed E-state index contributed by atoms with van der Waals surface area (Å²) >= 11 is 0. The Kier molecular flexibility index (Phi) is 3.81. The highest BCUT2D eigenvalue weighted by atomic mass is 16.5. The molecule has 1 unspecified atom stereocenters. The number of hydrogen-bond acceptors (Lipinski definition) is 6. The summed E-state index contributed by atoms with van der Waals surface area (Å²) in [4.78, 5) is 35.1. The van der Waals surface area contributed by atoms with Gasteiger partial charge in [0.25, 0.3) is 5.56 Å². The smallest absolute Gasteiger partial charge is 0.342 e. The predicted octanol–water partition coefficient (Wildman–Crippen LogP) is -1.18. The molecule has 0 fully saturated rings. The second kappa shape index (κ2) is 5.10. The van der Waals surface area contributed by atoms with Crippen LogP contribution in [0.3, 0.4) is 0 Å². The van der Waals surface area contributed by atoms with Crippen LogP contribution in [0.15, 0.2) is 9.59 Å². The number of aromatic nitrogens is 3. The fourth-order valence-corrected chi connectivity index (χ4v) is 0.977. The van der Waals surface area contributed by atoms with Crippen LogP contribution in [0, 0.1) is 0 Å². The van der Waals surface area contributed by atoms with Crippen molar-refractivity contribution in [2.45, 2.75) is 19.9 Å². The van der Waals surface area contributed by atoms with E-state index in [0.717, 1.165) is 0 Å². The van der Waals surface area contributed by atoms with Crippen molar-refractivity contribution in [1.82, 2.24) is 15.2 Å². The number of carbonyl (C=O) groups excluding carboxylic acids is 1. The van der Waals surface area contributed by atoms with Gasteiger partial charge < -0.3 is 10.1 Å². The van der Waals surface area contributed by atoms with Crippen LogP contribution in [0.1, 0.15) is 13.8 Å². The van der Waals surface area contributed by atoms with E-state index in [0.29, 0.717) is 0 Å². The molecule has 1 rings (SSSR count). The Hall–Kier alpha value is -2.12. The van der Waals surface area contributed by atoms with Gasteiger partial charge in [-0.3, -0.25) is 9.78 Å². The lowest BCUT2D eigenvalue weighted by Gasteiger charge is -2.11. The predicted molar refractivity (Wildman–Crippen MR) is 55.2 cm³/mol. The Morgan fingerprint density at radius 3 is 2.81 bits per heavy atom. The number of carbonyl (C=O) groups is 1. The van der Waals surface area contributed by atoms with Gasteiger partial charge in [-0.2, -0.15) is 0 Å². The van der Waals surface area contributed by atoms with Crippen molar-refractivity contribution in [1.29, 1.82) is 0 Å². The Labute approximate surface area is 90.0 Å². The van der Waals surface area contributed by atoms with Crippen LogP contribution in [-0.2, 0) is 9.53 Å². The van der Waals surface area contributed by atoms with Crippen LogP contribution < -0.4 is 16.6 Å². The van der Waals surface area contributed by atoms with E-state index in [-0.39, 0.29) is 12.4 Å². The summed E-state index contributed by atoms with van der Waals surface area (Å²) in [6.45, 7) is 3.44. The molecule has 0 aromatic carbocycles. The molecule has 0 aliphatic heterocycles. The minimum Gasteiger partial charge on any atom is -0.464 e. The zero-order valence-corrected chi connectivity index (χ0v) is 8.86. The number of esters is 1. The minimum atomic E-state index is -0.723. The van der Waals surface area contributed by atoms with Gasteiger partial charge in [-0.1, -0.05) is 0 Å². The van der Waals surface area contributed by atoms with Crippen molar-refractivity contribution in [3.8, 4) is 0 Å². The van der Waals surface area contributed by atoms with Crippen LogP contribution in [0.2, 0.25) is 0 Å². The summed E-state index contributed by atoms with van der Waals surface area (Å²) < 4.78 is 4.73. The zero-order valence-electron chi connectivity index (χ0n) is 8.86. The van der Waals surface area contributed by atoms with Crippen molar-refractivity contribution in [3.05, 3.63) is 20.8 Å². The number of H-pyrrole nitrogens is 2. The Morgan fingerprint density at radius 2 is 2.25 bits per heavy atom. The molecule has 0 aliphatic rings. The van der Waals surface area contributed by atoms with Gasteiger partial charge in [-0.15, -0.1) is 5.10 Å². The van der Waals surface area contributed by atoms with Gasteiger partial charge in [0.2, 0.25) is 5.82 Å². The maximum absolute atomic E-state index is 11.2. The van der Waals surface area contributed by atoms with Gasteiger partial charge in [0.05, 0.1) is 6.61 Å². The summed E-state index contributed by atoms with van der Waals surface area (Å²) in [6, 6.07) is -0.723. The second-order valence-electron chi connectivity index (χ2n) is 2.97. The number of nitrogens with one attached hydrogen (secondary N) is 3. The molecule has 8 nitrogen and oxygen atoms in total. The van der Waals surface area contributed by atoms with E-state index in [1.54, 1.807) is 6.92 Å². The summed E-state index contributed by atoms with van der Waals surface area (Å²) in [6.07, 6.45) is 0.